The van der Waals surface area contributed by atoms with E-state index in [9.17, 15) is 10.2 Å². The zero-order valence-electron chi connectivity index (χ0n) is 21.3. The average molecular weight is 511 g/mol. The van der Waals surface area contributed by atoms with Crippen LogP contribution in [-0.4, -0.2) is 66.3 Å². The highest BCUT2D eigenvalue weighted by molar-refractivity contribution is 7.99. The Labute approximate surface area is 218 Å². The molecule has 2 N–H and O–H groups in total. The van der Waals surface area contributed by atoms with Crippen LogP contribution in [0.1, 0.15) is 37.4 Å². The lowest BCUT2D eigenvalue weighted by molar-refractivity contribution is 0.0581. The van der Waals surface area contributed by atoms with Crippen molar-refractivity contribution in [3.63, 3.8) is 0 Å². The highest BCUT2D eigenvalue weighted by Gasteiger charge is 2.29. The van der Waals surface area contributed by atoms with Gasteiger partial charge in [0.2, 0.25) is 0 Å². The molecule has 1 aliphatic rings. The van der Waals surface area contributed by atoms with E-state index >= 15 is 0 Å². The molecule has 1 saturated heterocycles. The maximum atomic E-state index is 11.0. The van der Waals surface area contributed by atoms with Crippen molar-refractivity contribution in [3.05, 3.63) is 60.3 Å². The summed E-state index contributed by atoms with van der Waals surface area (Å²) in [7, 11) is 3.35. The van der Waals surface area contributed by atoms with Crippen LogP contribution in [0.4, 0.5) is 0 Å². The number of aromatic nitrogens is 1. The number of fused-ring (bicyclic) bond motifs is 1. The Morgan fingerprint density at radius 3 is 2.72 bits per heavy atom. The van der Waals surface area contributed by atoms with Crippen LogP contribution >= 0.6 is 11.8 Å². The van der Waals surface area contributed by atoms with Crippen LogP contribution < -0.4 is 9.47 Å². The summed E-state index contributed by atoms with van der Waals surface area (Å²) in [5, 5.41) is 22.1. The van der Waals surface area contributed by atoms with Crippen molar-refractivity contribution in [1.82, 2.24) is 9.88 Å². The number of methoxy groups -OCH3 is 2. The maximum absolute atomic E-state index is 11.0. The van der Waals surface area contributed by atoms with Gasteiger partial charge in [-0.3, -0.25) is 4.98 Å². The second-order valence-electron chi connectivity index (χ2n) is 9.55. The first-order chi connectivity index (χ1) is 17.6. The largest absolute Gasteiger partial charge is 0.497 e. The fourth-order valence-electron chi connectivity index (χ4n) is 5.21. The van der Waals surface area contributed by atoms with Crippen molar-refractivity contribution >= 4 is 22.7 Å². The number of aliphatic hydroxyl groups is 2. The van der Waals surface area contributed by atoms with Gasteiger partial charge in [-0.25, -0.2) is 0 Å². The van der Waals surface area contributed by atoms with Gasteiger partial charge in [-0.15, -0.1) is 11.8 Å². The highest BCUT2D eigenvalue weighted by Crippen LogP contribution is 2.33. The third-order valence-corrected chi connectivity index (χ3v) is 8.37. The number of hydrogen-bond donors (Lipinski definition) is 2. The number of benzene rings is 2. The van der Waals surface area contributed by atoms with E-state index in [-0.39, 0.29) is 12.5 Å². The van der Waals surface area contributed by atoms with Gasteiger partial charge < -0.3 is 24.6 Å². The molecule has 0 spiro atoms. The number of nitrogens with zero attached hydrogens (tertiary/aromatic N) is 2. The Morgan fingerprint density at radius 1 is 1.08 bits per heavy atom. The Hall–Kier alpha value is -2.32. The summed E-state index contributed by atoms with van der Waals surface area (Å²) in [4.78, 5) is 8.15. The molecule has 7 heteroatoms. The predicted molar refractivity (Wildman–Crippen MR) is 146 cm³/mol. The summed E-state index contributed by atoms with van der Waals surface area (Å²) in [5.74, 6) is 3.41. The molecule has 3 atom stereocenters. The highest BCUT2D eigenvalue weighted by atomic mass is 32.2. The van der Waals surface area contributed by atoms with Gasteiger partial charge in [0.25, 0.3) is 0 Å². The van der Waals surface area contributed by atoms with E-state index in [2.05, 4.69) is 22.0 Å². The minimum absolute atomic E-state index is 0.200. The van der Waals surface area contributed by atoms with Gasteiger partial charge in [0.15, 0.2) is 0 Å². The second-order valence-corrected chi connectivity index (χ2v) is 10.7. The SMILES string of the molecule is COc1cccc(SCCCN2CC[C@@H](CC[C@H](O)c3ccnc4ccc(OC)cc34)[C@@H](CO)C2)c1. The zero-order valence-corrected chi connectivity index (χ0v) is 22.1. The second kappa shape index (κ2) is 13.3. The van der Waals surface area contributed by atoms with E-state index in [0.29, 0.717) is 12.3 Å². The minimum Gasteiger partial charge on any atom is -0.497 e. The smallest absolute Gasteiger partial charge is 0.119 e. The summed E-state index contributed by atoms with van der Waals surface area (Å²) < 4.78 is 10.7. The Balaban J connectivity index is 1.25. The van der Waals surface area contributed by atoms with Crippen LogP contribution in [0.3, 0.4) is 0 Å². The molecule has 36 heavy (non-hydrogen) atoms. The van der Waals surface area contributed by atoms with Crippen LogP contribution in [0, 0.1) is 11.8 Å². The summed E-state index contributed by atoms with van der Waals surface area (Å²) in [6, 6.07) is 15.9. The Kier molecular flexibility index (Phi) is 9.87. The fourth-order valence-corrected chi connectivity index (χ4v) is 6.09. The van der Waals surface area contributed by atoms with Crippen LogP contribution in [0.25, 0.3) is 10.9 Å². The number of ether oxygens (including phenoxy) is 2. The summed E-state index contributed by atoms with van der Waals surface area (Å²) in [5.41, 5.74) is 1.75. The lowest BCUT2D eigenvalue weighted by Gasteiger charge is -2.38. The first-order valence-corrected chi connectivity index (χ1v) is 13.8. The first-order valence-electron chi connectivity index (χ1n) is 12.8. The number of rotatable bonds is 12. The third-order valence-electron chi connectivity index (χ3n) is 7.29. The van der Waals surface area contributed by atoms with Crippen molar-refractivity contribution in [2.45, 2.75) is 36.7 Å². The molecule has 2 aromatic carbocycles. The van der Waals surface area contributed by atoms with Crippen molar-refractivity contribution in [3.8, 4) is 11.5 Å². The van der Waals surface area contributed by atoms with E-state index in [0.717, 1.165) is 72.6 Å². The molecule has 0 radical (unpaired) electrons. The average Bonchev–Trinajstić information content (AvgIpc) is 2.93. The monoisotopic (exact) mass is 510 g/mol. The topological polar surface area (TPSA) is 75.1 Å². The van der Waals surface area contributed by atoms with Gasteiger partial charge in [0.05, 0.1) is 25.8 Å². The van der Waals surface area contributed by atoms with Crippen molar-refractivity contribution in [1.29, 1.82) is 0 Å². The molecule has 0 saturated carbocycles. The van der Waals surface area contributed by atoms with Gasteiger partial charge in [0.1, 0.15) is 11.5 Å². The molecular formula is C29H38N2O4S. The third kappa shape index (κ3) is 6.91. The van der Waals surface area contributed by atoms with E-state index < -0.39 is 6.10 Å². The number of hydrogen-bond acceptors (Lipinski definition) is 7. The van der Waals surface area contributed by atoms with E-state index in [1.54, 1.807) is 20.4 Å². The van der Waals surface area contributed by atoms with Gasteiger partial charge in [0, 0.05) is 29.6 Å². The van der Waals surface area contributed by atoms with E-state index in [4.69, 9.17) is 9.47 Å². The number of aliphatic hydroxyl groups excluding tert-OH is 2. The molecule has 1 fully saturated rings. The standard InChI is InChI=1S/C29H38N2O4S/c1-34-23-5-3-6-25(17-23)36-16-4-14-31-15-12-21(22(19-31)20-32)7-10-29(33)26-11-13-30-28-9-8-24(35-2)18-27(26)28/h3,5-6,8-9,11,13,17-18,21-22,29,32-33H,4,7,10,12,14-16,19-20H2,1-2H3/t21-,22-,29+/m1/s1. The first kappa shape index (κ1) is 26.7. The van der Waals surface area contributed by atoms with Crippen molar-refractivity contribution < 1.29 is 19.7 Å². The van der Waals surface area contributed by atoms with Gasteiger partial charge >= 0.3 is 0 Å². The van der Waals surface area contributed by atoms with E-state index in [1.165, 1.54) is 4.90 Å². The summed E-state index contributed by atoms with van der Waals surface area (Å²) in [6.45, 7) is 3.23. The van der Waals surface area contributed by atoms with Crippen LogP contribution in [0.5, 0.6) is 11.5 Å². The van der Waals surface area contributed by atoms with Crippen LogP contribution in [0.15, 0.2) is 59.6 Å². The molecule has 1 aliphatic heterocycles. The molecule has 0 amide bonds. The lowest BCUT2D eigenvalue weighted by Crippen LogP contribution is -2.42. The zero-order chi connectivity index (χ0) is 25.3. The Morgan fingerprint density at radius 2 is 1.92 bits per heavy atom. The van der Waals surface area contributed by atoms with Gasteiger partial charge in [-0.2, -0.15) is 0 Å². The molecule has 3 aromatic rings. The summed E-state index contributed by atoms with van der Waals surface area (Å²) >= 11 is 1.86. The quantitative estimate of drug-likeness (QED) is 0.257. The van der Waals surface area contributed by atoms with Crippen LogP contribution in [0.2, 0.25) is 0 Å². The van der Waals surface area contributed by atoms with E-state index in [1.807, 2.05) is 48.2 Å². The fraction of sp³-hybridized carbons (Fsp3) is 0.483. The van der Waals surface area contributed by atoms with Gasteiger partial charge in [-0.05, 0) is 104 Å². The molecule has 0 bridgehead atoms. The lowest BCUT2D eigenvalue weighted by atomic mass is 9.81. The predicted octanol–water partition coefficient (Wildman–Crippen LogP) is 5.18. The maximum Gasteiger partial charge on any atom is 0.119 e. The molecule has 4 rings (SSSR count). The number of thioether (sulfide) groups is 1. The van der Waals surface area contributed by atoms with Crippen molar-refractivity contribution in [2.75, 3.05) is 46.2 Å². The summed E-state index contributed by atoms with van der Waals surface area (Å²) in [6.07, 6.45) is 4.95. The normalized spacial score (nSPS) is 19.3. The van der Waals surface area contributed by atoms with Gasteiger partial charge in [-0.1, -0.05) is 6.07 Å². The molecule has 0 aliphatic carbocycles. The number of likely N-dealkylation sites (tertiary alicyclic amines) is 1. The van der Waals surface area contributed by atoms with Crippen molar-refractivity contribution in [2.24, 2.45) is 11.8 Å². The number of piperidine rings is 1. The molecule has 2 heterocycles. The number of pyridine rings is 1. The molecule has 1 aromatic heterocycles. The molecule has 6 nitrogen and oxygen atoms in total. The molecular weight excluding hydrogens is 472 g/mol. The Bertz CT molecular complexity index is 1110. The molecule has 0 unspecified atom stereocenters. The van der Waals surface area contributed by atoms with Crippen LogP contribution in [-0.2, 0) is 0 Å². The minimum atomic E-state index is -0.561. The molecule has 194 valence electrons.